The first-order chi connectivity index (χ1) is 12.8. The summed E-state index contributed by atoms with van der Waals surface area (Å²) in [5, 5.41) is 0. The monoisotopic (exact) mass is 398 g/mol. The molecule has 0 aliphatic rings. The molecule has 0 amide bonds. The maximum atomic E-state index is 13.7. The maximum Gasteiger partial charge on any atom is 0.425 e. The number of thiophene rings is 1. The van der Waals surface area contributed by atoms with Crippen LogP contribution in [0.3, 0.4) is 0 Å². The molecule has 1 nitrogen and oxygen atoms in total. The number of hydrogen-bond donors (Lipinski definition) is 0. The number of benzene rings is 2. The van der Waals surface area contributed by atoms with Crippen molar-refractivity contribution >= 4 is 11.3 Å². The molecular weight excluding hydrogens is 383 g/mol. The van der Waals surface area contributed by atoms with Gasteiger partial charge in [0.15, 0.2) is 11.6 Å². The smallest absolute Gasteiger partial charge is 0.425 e. The Morgan fingerprint density at radius 2 is 1.70 bits per heavy atom. The van der Waals surface area contributed by atoms with E-state index in [4.69, 9.17) is 4.74 Å². The van der Waals surface area contributed by atoms with Gasteiger partial charge in [-0.15, -0.1) is 11.3 Å². The van der Waals surface area contributed by atoms with E-state index in [0.29, 0.717) is 22.5 Å². The van der Waals surface area contributed by atoms with E-state index in [1.165, 1.54) is 12.1 Å². The fourth-order valence-electron chi connectivity index (χ4n) is 2.58. The molecule has 142 valence electrons. The molecule has 2 aromatic carbocycles. The van der Waals surface area contributed by atoms with Crippen molar-refractivity contribution in [3.05, 3.63) is 75.5 Å². The van der Waals surface area contributed by atoms with E-state index in [1.807, 2.05) is 19.1 Å². The third kappa shape index (κ3) is 4.30. The molecule has 0 aliphatic heterocycles. The summed E-state index contributed by atoms with van der Waals surface area (Å²) in [6.45, 7) is 1.68. The predicted molar refractivity (Wildman–Crippen MR) is 94.8 cm³/mol. The second-order valence-electron chi connectivity index (χ2n) is 5.84. The van der Waals surface area contributed by atoms with Gasteiger partial charge >= 0.3 is 6.18 Å². The highest BCUT2D eigenvalue weighted by Crippen LogP contribution is 2.41. The number of ether oxygens (including phenoxy) is 1. The zero-order valence-corrected chi connectivity index (χ0v) is 15.1. The van der Waals surface area contributed by atoms with Gasteiger partial charge in [-0.1, -0.05) is 37.3 Å². The molecule has 0 saturated heterocycles. The van der Waals surface area contributed by atoms with Gasteiger partial charge < -0.3 is 4.74 Å². The summed E-state index contributed by atoms with van der Waals surface area (Å²) in [4.78, 5) is -0.481. The summed E-state index contributed by atoms with van der Waals surface area (Å²) in [6, 6.07) is 11.7. The van der Waals surface area contributed by atoms with Crippen molar-refractivity contribution in [2.24, 2.45) is 0 Å². The second-order valence-corrected chi connectivity index (χ2v) is 6.97. The molecule has 0 fully saturated rings. The number of aryl methyl sites for hydroxylation is 1. The zero-order valence-electron chi connectivity index (χ0n) is 14.2. The molecule has 27 heavy (non-hydrogen) atoms. The van der Waals surface area contributed by atoms with E-state index in [2.05, 4.69) is 0 Å². The Balaban J connectivity index is 1.95. The Labute approximate surface area is 157 Å². The first-order valence-corrected chi connectivity index (χ1v) is 8.97. The molecule has 1 aromatic heterocycles. The van der Waals surface area contributed by atoms with E-state index in [0.717, 1.165) is 24.1 Å². The normalized spacial score (nSPS) is 11.6. The van der Waals surface area contributed by atoms with E-state index < -0.39 is 22.7 Å². The second kappa shape index (κ2) is 7.68. The molecule has 0 radical (unpaired) electrons. The molecule has 1 heterocycles. The van der Waals surface area contributed by atoms with Gasteiger partial charge in [-0.3, -0.25) is 0 Å². The lowest BCUT2D eigenvalue weighted by molar-refractivity contribution is -0.134. The third-order valence-corrected chi connectivity index (χ3v) is 5.19. The lowest BCUT2D eigenvalue weighted by Crippen LogP contribution is -2.00. The van der Waals surface area contributed by atoms with Crippen LogP contribution in [0.1, 0.15) is 22.2 Å². The SMILES string of the molecule is CCc1ccc(-c2cc(C(F)(F)F)sc2COc2cccc(F)c2F)cc1. The summed E-state index contributed by atoms with van der Waals surface area (Å²) in [5.41, 5.74) is 2.04. The van der Waals surface area contributed by atoms with Gasteiger partial charge in [0.25, 0.3) is 0 Å². The summed E-state index contributed by atoms with van der Waals surface area (Å²) in [7, 11) is 0. The van der Waals surface area contributed by atoms with Crippen LogP contribution >= 0.6 is 11.3 Å². The zero-order chi connectivity index (χ0) is 19.6. The van der Waals surface area contributed by atoms with E-state index in [-0.39, 0.29) is 17.2 Å². The van der Waals surface area contributed by atoms with Crippen molar-refractivity contribution < 1.29 is 26.7 Å². The van der Waals surface area contributed by atoms with E-state index in [1.54, 1.807) is 12.1 Å². The molecule has 0 saturated carbocycles. The van der Waals surface area contributed by atoms with E-state index >= 15 is 0 Å². The molecular formula is C20H15F5OS. The Hall–Kier alpha value is -2.41. The van der Waals surface area contributed by atoms with Crippen LogP contribution in [0, 0.1) is 11.6 Å². The predicted octanol–water partition coefficient (Wildman–Crippen LogP) is 6.85. The van der Waals surface area contributed by atoms with Gasteiger partial charge in [-0.25, -0.2) is 4.39 Å². The van der Waals surface area contributed by atoms with Crippen molar-refractivity contribution in [3.63, 3.8) is 0 Å². The van der Waals surface area contributed by atoms with Gasteiger partial charge in [0.1, 0.15) is 11.5 Å². The van der Waals surface area contributed by atoms with Crippen molar-refractivity contribution in [2.45, 2.75) is 26.1 Å². The maximum absolute atomic E-state index is 13.7. The minimum atomic E-state index is -4.49. The highest BCUT2D eigenvalue weighted by molar-refractivity contribution is 7.12. The van der Waals surface area contributed by atoms with Crippen molar-refractivity contribution in [3.8, 4) is 16.9 Å². The van der Waals surface area contributed by atoms with Crippen molar-refractivity contribution in [1.29, 1.82) is 0 Å². The average molecular weight is 398 g/mol. The number of hydrogen-bond acceptors (Lipinski definition) is 2. The molecule has 7 heteroatoms. The van der Waals surface area contributed by atoms with Gasteiger partial charge in [0.05, 0.1) is 4.88 Å². The van der Waals surface area contributed by atoms with Crippen LogP contribution in [0.2, 0.25) is 0 Å². The minimum absolute atomic E-state index is 0.287. The molecule has 3 rings (SSSR count). The minimum Gasteiger partial charge on any atom is -0.485 e. The Morgan fingerprint density at radius 1 is 1.00 bits per heavy atom. The lowest BCUT2D eigenvalue weighted by atomic mass is 10.0. The van der Waals surface area contributed by atoms with Crippen LogP contribution in [0.25, 0.3) is 11.1 Å². The largest absolute Gasteiger partial charge is 0.485 e. The Bertz CT molecular complexity index is 929. The average Bonchev–Trinajstić information content (AvgIpc) is 3.08. The first kappa shape index (κ1) is 19.4. The lowest BCUT2D eigenvalue weighted by Gasteiger charge is -2.09. The van der Waals surface area contributed by atoms with Crippen LogP contribution in [-0.2, 0) is 19.2 Å². The van der Waals surface area contributed by atoms with Crippen molar-refractivity contribution in [1.82, 2.24) is 0 Å². The molecule has 0 bridgehead atoms. The highest BCUT2D eigenvalue weighted by Gasteiger charge is 2.34. The fraction of sp³-hybridized carbons (Fsp3) is 0.200. The van der Waals surface area contributed by atoms with Crippen LogP contribution < -0.4 is 4.74 Å². The van der Waals surface area contributed by atoms with E-state index in [9.17, 15) is 22.0 Å². The third-order valence-electron chi connectivity index (χ3n) is 4.04. The Kier molecular flexibility index (Phi) is 5.51. The van der Waals surface area contributed by atoms with Gasteiger partial charge in [0, 0.05) is 0 Å². The quantitative estimate of drug-likeness (QED) is 0.427. The van der Waals surface area contributed by atoms with Gasteiger partial charge in [-0.2, -0.15) is 17.6 Å². The summed E-state index contributed by atoms with van der Waals surface area (Å²) in [6.07, 6.45) is -3.68. The summed E-state index contributed by atoms with van der Waals surface area (Å²) >= 11 is 0.534. The molecule has 0 aliphatic carbocycles. The van der Waals surface area contributed by atoms with Crippen LogP contribution in [0.5, 0.6) is 5.75 Å². The topological polar surface area (TPSA) is 9.23 Å². The van der Waals surface area contributed by atoms with Gasteiger partial charge in [-0.05, 0) is 41.3 Å². The van der Waals surface area contributed by atoms with Crippen LogP contribution in [-0.4, -0.2) is 0 Å². The molecule has 0 N–H and O–H groups in total. The van der Waals surface area contributed by atoms with Gasteiger partial charge in [0.2, 0.25) is 5.82 Å². The van der Waals surface area contributed by atoms with Crippen LogP contribution in [0.15, 0.2) is 48.5 Å². The highest BCUT2D eigenvalue weighted by atomic mass is 32.1. The molecule has 0 unspecified atom stereocenters. The first-order valence-electron chi connectivity index (χ1n) is 8.15. The molecule has 0 atom stereocenters. The van der Waals surface area contributed by atoms with Crippen molar-refractivity contribution in [2.75, 3.05) is 0 Å². The number of rotatable bonds is 5. The number of alkyl halides is 3. The molecule has 3 aromatic rings. The fourth-order valence-corrected chi connectivity index (χ4v) is 3.54. The standard InChI is InChI=1S/C20H15F5OS/c1-2-12-6-8-13(9-7-12)14-10-18(20(23,24)25)27-17(14)11-26-16-5-3-4-15(21)19(16)22/h3-10H,2,11H2,1H3. The summed E-state index contributed by atoms with van der Waals surface area (Å²) in [5.74, 6) is -2.59. The van der Waals surface area contributed by atoms with Crippen LogP contribution in [0.4, 0.5) is 22.0 Å². The molecule has 0 spiro atoms. The Morgan fingerprint density at radius 3 is 2.33 bits per heavy atom. The summed E-state index contributed by atoms with van der Waals surface area (Å²) < 4.78 is 71.7. The number of halogens is 5.